The van der Waals surface area contributed by atoms with Gasteiger partial charge >= 0.3 is 0 Å². The SMILES string of the molecule is O=C(NC1CCCNCC1)c1ccc(Br)s1. The van der Waals surface area contributed by atoms with E-state index in [0.717, 1.165) is 41.0 Å². The van der Waals surface area contributed by atoms with Gasteiger partial charge in [-0.25, -0.2) is 0 Å². The molecule has 0 bridgehead atoms. The third kappa shape index (κ3) is 3.30. The summed E-state index contributed by atoms with van der Waals surface area (Å²) < 4.78 is 1.00. The van der Waals surface area contributed by atoms with Crippen LogP contribution in [0.3, 0.4) is 0 Å². The van der Waals surface area contributed by atoms with Gasteiger partial charge in [-0.15, -0.1) is 11.3 Å². The van der Waals surface area contributed by atoms with E-state index in [2.05, 4.69) is 26.6 Å². The molecular weight excluding hydrogens is 288 g/mol. The molecule has 0 aromatic carbocycles. The second-order valence-electron chi connectivity index (χ2n) is 3.96. The molecule has 1 aliphatic heterocycles. The molecule has 1 atom stereocenters. The highest BCUT2D eigenvalue weighted by molar-refractivity contribution is 9.11. The van der Waals surface area contributed by atoms with Gasteiger partial charge in [-0.05, 0) is 60.4 Å². The molecule has 1 aromatic heterocycles. The summed E-state index contributed by atoms with van der Waals surface area (Å²) in [5, 5.41) is 6.44. The van der Waals surface area contributed by atoms with Crippen LogP contribution in [-0.2, 0) is 0 Å². The Morgan fingerprint density at radius 2 is 2.31 bits per heavy atom. The summed E-state index contributed by atoms with van der Waals surface area (Å²) in [5.41, 5.74) is 0. The van der Waals surface area contributed by atoms with E-state index in [-0.39, 0.29) is 5.91 Å². The highest BCUT2D eigenvalue weighted by Crippen LogP contribution is 2.22. The predicted octanol–water partition coefficient (Wildman–Crippen LogP) is 2.38. The molecule has 2 heterocycles. The monoisotopic (exact) mass is 302 g/mol. The van der Waals surface area contributed by atoms with Gasteiger partial charge in [-0.3, -0.25) is 4.79 Å². The molecule has 0 aliphatic carbocycles. The van der Waals surface area contributed by atoms with Crippen LogP contribution >= 0.6 is 27.3 Å². The van der Waals surface area contributed by atoms with Crippen LogP contribution in [0.5, 0.6) is 0 Å². The second-order valence-corrected chi connectivity index (χ2v) is 6.42. The Morgan fingerprint density at radius 3 is 3.06 bits per heavy atom. The van der Waals surface area contributed by atoms with Crippen LogP contribution in [0.4, 0.5) is 0 Å². The third-order valence-corrected chi connectivity index (χ3v) is 4.33. The van der Waals surface area contributed by atoms with E-state index in [1.807, 2.05) is 12.1 Å². The molecular formula is C11H15BrN2OS. The van der Waals surface area contributed by atoms with Gasteiger partial charge in [0.05, 0.1) is 8.66 Å². The topological polar surface area (TPSA) is 41.1 Å². The van der Waals surface area contributed by atoms with E-state index in [1.165, 1.54) is 11.3 Å². The van der Waals surface area contributed by atoms with Gasteiger partial charge in [0.25, 0.3) is 5.91 Å². The quantitative estimate of drug-likeness (QED) is 0.881. The fraction of sp³-hybridized carbons (Fsp3) is 0.545. The standard InChI is InChI=1S/C11H15BrN2OS/c12-10-4-3-9(16-10)11(15)14-8-2-1-6-13-7-5-8/h3-4,8,13H,1-2,5-7H2,(H,14,15). The molecule has 3 nitrogen and oxygen atoms in total. The second kappa shape index (κ2) is 5.80. The third-order valence-electron chi connectivity index (χ3n) is 2.71. The largest absolute Gasteiger partial charge is 0.349 e. The van der Waals surface area contributed by atoms with Gasteiger partial charge in [-0.1, -0.05) is 0 Å². The molecule has 1 unspecified atom stereocenters. The van der Waals surface area contributed by atoms with Gasteiger partial charge in [0.1, 0.15) is 0 Å². The lowest BCUT2D eigenvalue weighted by atomic mass is 10.1. The lowest BCUT2D eigenvalue weighted by molar-refractivity contribution is 0.0938. The van der Waals surface area contributed by atoms with Crippen LogP contribution in [0.1, 0.15) is 28.9 Å². The summed E-state index contributed by atoms with van der Waals surface area (Å²) in [5.74, 6) is 0.0580. The minimum absolute atomic E-state index is 0.0580. The van der Waals surface area contributed by atoms with Gasteiger partial charge in [-0.2, -0.15) is 0 Å². The molecule has 2 rings (SSSR count). The highest BCUT2D eigenvalue weighted by Gasteiger charge is 2.16. The first-order valence-electron chi connectivity index (χ1n) is 5.52. The summed E-state index contributed by atoms with van der Waals surface area (Å²) in [4.78, 5) is 12.7. The summed E-state index contributed by atoms with van der Waals surface area (Å²) >= 11 is 4.85. The molecule has 1 aliphatic rings. The lowest BCUT2D eigenvalue weighted by Crippen LogP contribution is -2.34. The Balaban J connectivity index is 1.90. The lowest BCUT2D eigenvalue weighted by Gasteiger charge is -2.14. The van der Waals surface area contributed by atoms with Crippen molar-refractivity contribution in [2.24, 2.45) is 0 Å². The summed E-state index contributed by atoms with van der Waals surface area (Å²) in [6.45, 7) is 2.07. The van der Waals surface area contributed by atoms with E-state index < -0.39 is 0 Å². The Morgan fingerprint density at radius 1 is 1.44 bits per heavy atom. The van der Waals surface area contributed by atoms with Crippen LogP contribution in [0.25, 0.3) is 0 Å². The Hall–Kier alpha value is -0.390. The summed E-state index contributed by atoms with van der Waals surface area (Å²) in [7, 11) is 0. The van der Waals surface area contributed by atoms with Crippen molar-refractivity contribution in [1.82, 2.24) is 10.6 Å². The average molecular weight is 303 g/mol. The maximum atomic E-state index is 11.9. The normalized spacial score (nSPS) is 21.4. The maximum absolute atomic E-state index is 11.9. The number of hydrogen-bond acceptors (Lipinski definition) is 3. The first-order valence-corrected chi connectivity index (χ1v) is 7.13. The van der Waals surface area contributed by atoms with E-state index in [4.69, 9.17) is 0 Å². The molecule has 5 heteroatoms. The van der Waals surface area contributed by atoms with E-state index in [0.29, 0.717) is 6.04 Å². The van der Waals surface area contributed by atoms with Crippen molar-refractivity contribution < 1.29 is 4.79 Å². The zero-order valence-corrected chi connectivity index (χ0v) is 11.4. The van der Waals surface area contributed by atoms with Gasteiger partial charge in [0.15, 0.2) is 0 Å². The number of hydrogen-bond donors (Lipinski definition) is 2. The Bertz CT molecular complexity index is 359. The number of halogens is 1. The number of nitrogens with one attached hydrogen (secondary N) is 2. The minimum Gasteiger partial charge on any atom is -0.349 e. The molecule has 88 valence electrons. The van der Waals surface area contributed by atoms with Crippen molar-refractivity contribution in [3.8, 4) is 0 Å². The molecule has 16 heavy (non-hydrogen) atoms. The first-order chi connectivity index (χ1) is 7.75. The van der Waals surface area contributed by atoms with Crippen molar-refractivity contribution in [3.63, 3.8) is 0 Å². The number of carbonyl (C=O) groups excluding carboxylic acids is 1. The van der Waals surface area contributed by atoms with Gasteiger partial charge < -0.3 is 10.6 Å². The fourth-order valence-corrected chi connectivity index (χ4v) is 3.15. The van der Waals surface area contributed by atoms with Crippen LogP contribution in [0, 0.1) is 0 Å². The molecule has 0 saturated carbocycles. The van der Waals surface area contributed by atoms with Crippen molar-refractivity contribution in [3.05, 3.63) is 20.8 Å². The number of rotatable bonds is 2. The number of carbonyl (C=O) groups is 1. The van der Waals surface area contributed by atoms with Crippen molar-refractivity contribution in [1.29, 1.82) is 0 Å². The van der Waals surface area contributed by atoms with Crippen LogP contribution in [0.15, 0.2) is 15.9 Å². The van der Waals surface area contributed by atoms with Gasteiger partial charge in [0, 0.05) is 6.04 Å². The molecule has 1 fully saturated rings. The average Bonchev–Trinajstić information content (AvgIpc) is 2.54. The molecule has 1 amide bonds. The van der Waals surface area contributed by atoms with Crippen molar-refractivity contribution in [2.45, 2.75) is 25.3 Å². The van der Waals surface area contributed by atoms with Crippen molar-refractivity contribution >= 4 is 33.2 Å². The minimum atomic E-state index is 0.0580. The smallest absolute Gasteiger partial charge is 0.261 e. The Kier molecular flexibility index (Phi) is 4.37. The molecule has 1 aromatic rings. The van der Waals surface area contributed by atoms with Crippen molar-refractivity contribution in [2.75, 3.05) is 13.1 Å². The first kappa shape index (κ1) is 12.1. The molecule has 0 spiro atoms. The summed E-state index contributed by atoms with van der Waals surface area (Å²) in [6, 6.07) is 4.09. The van der Waals surface area contributed by atoms with Crippen LogP contribution in [-0.4, -0.2) is 25.0 Å². The van der Waals surface area contributed by atoms with E-state index in [1.54, 1.807) is 0 Å². The predicted molar refractivity (Wildman–Crippen MR) is 70.0 cm³/mol. The molecule has 1 saturated heterocycles. The number of thiophene rings is 1. The van der Waals surface area contributed by atoms with Crippen LogP contribution < -0.4 is 10.6 Å². The van der Waals surface area contributed by atoms with E-state index in [9.17, 15) is 4.79 Å². The molecule has 2 N–H and O–H groups in total. The highest BCUT2D eigenvalue weighted by atomic mass is 79.9. The van der Waals surface area contributed by atoms with E-state index >= 15 is 0 Å². The fourth-order valence-electron chi connectivity index (χ4n) is 1.86. The zero-order chi connectivity index (χ0) is 11.4. The zero-order valence-electron chi connectivity index (χ0n) is 8.96. The Labute approximate surface area is 108 Å². The molecule has 0 radical (unpaired) electrons. The van der Waals surface area contributed by atoms with Gasteiger partial charge in [0.2, 0.25) is 0 Å². The maximum Gasteiger partial charge on any atom is 0.261 e. The van der Waals surface area contributed by atoms with Crippen LogP contribution in [0.2, 0.25) is 0 Å². The summed E-state index contributed by atoms with van der Waals surface area (Å²) in [6.07, 6.45) is 3.24. The number of amides is 1.